The van der Waals surface area contributed by atoms with Crippen molar-refractivity contribution in [2.45, 2.75) is 26.2 Å². The molecule has 1 atom stereocenters. The second-order valence-electron chi connectivity index (χ2n) is 6.18. The second-order valence-corrected chi connectivity index (χ2v) is 7.23. The third-order valence-electron chi connectivity index (χ3n) is 4.32. The van der Waals surface area contributed by atoms with Crippen molar-refractivity contribution in [1.29, 1.82) is 0 Å². The van der Waals surface area contributed by atoms with Crippen LogP contribution in [0.1, 0.15) is 40.7 Å². The Morgan fingerprint density at radius 3 is 2.54 bits per heavy atom. The fourth-order valence-corrected chi connectivity index (χ4v) is 4.43. The molecule has 1 aromatic heterocycles. The molecule has 2 heterocycles. The van der Waals surface area contributed by atoms with E-state index in [1.54, 1.807) is 19.2 Å². The van der Waals surface area contributed by atoms with Gasteiger partial charge in [-0.3, -0.25) is 4.79 Å². The van der Waals surface area contributed by atoms with Gasteiger partial charge in [0.05, 0.1) is 12.8 Å². The Labute approximate surface area is 144 Å². The summed E-state index contributed by atoms with van der Waals surface area (Å²) < 4.78 is 5.16. The van der Waals surface area contributed by atoms with Crippen LogP contribution in [0.2, 0.25) is 0 Å². The van der Waals surface area contributed by atoms with Crippen molar-refractivity contribution in [3.63, 3.8) is 0 Å². The maximum atomic E-state index is 12.1. The molecule has 126 valence electrons. The van der Waals surface area contributed by atoms with E-state index in [0.717, 1.165) is 10.4 Å². The summed E-state index contributed by atoms with van der Waals surface area (Å²) in [6, 6.07) is 7.21. The standard InChI is InChI=1S/C18H19NO4S/c1-9(2)12-8-13(20)19-15-14(17(18(21)22)24-16(12)15)10-4-6-11(23-3)7-5-10/h4-7,9,12H,8H2,1-3H3,(H,19,20)(H,21,22). The molecule has 1 aromatic carbocycles. The number of carbonyl (C=O) groups is 2. The average Bonchev–Trinajstić information content (AvgIpc) is 2.93. The number of thiophene rings is 1. The lowest BCUT2D eigenvalue weighted by Crippen LogP contribution is -2.24. The highest BCUT2D eigenvalue weighted by atomic mass is 32.1. The molecule has 0 fully saturated rings. The molecule has 1 amide bonds. The van der Waals surface area contributed by atoms with Gasteiger partial charge in [0.1, 0.15) is 10.6 Å². The van der Waals surface area contributed by atoms with Crippen LogP contribution in [0.15, 0.2) is 24.3 Å². The SMILES string of the molecule is COc1ccc(-c2c(C(=O)O)sc3c2NC(=O)CC3C(C)C)cc1. The molecule has 6 heteroatoms. The number of methoxy groups -OCH3 is 1. The van der Waals surface area contributed by atoms with Gasteiger partial charge in [-0.15, -0.1) is 11.3 Å². The first kappa shape index (κ1) is 16.5. The van der Waals surface area contributed by atoms with Gasteiger partial charge in [0.15, 0.2) is 0 Å². The summed E-state index contributed by atoms with van der Waals surface area (Å²) >= 11 is 1.27. The maximum Gasteiger partial charge on any atom is 0.346 e. The molecule has 24 heavy (non-hydrogen) atoms. The first-order valence-electron chi connectivity index (χ1n) is 7.76. The highest BCUT2D eigenvalue weighted by Gasteiger charge is 2.34. The molecule has 1 unspecified atom stereocenters. The van der Waals surface area contributed by atoms with Crippen molar-refractivity contribution in [2.75, 3.05) is 12.4 Å². The molecule has 3 rings (SSSR count). The first-order chi connectivity index (χ1) is 11.4. The monoisotopic (exact) mass is 345 g/mol. The number of aromatic carboxylic acids is 1. The van der Waals surface area contributed by atoms with Gasteiger partial charge >= 0.3 is 5.97 Å². The third-order valence-corrected chi connectivity index (χ3v) is 5.63. The highest BCUT2D eigenvalue weighted by Crippen LogP contribution is 2.49. The van der Waals surface area contributed by atoms with Crippen LogP contribution >= 0.6 is 11.3 Å². The summed E-state index contributed by atoms with van der Waals surface area (Å²) in [5.74, 6) is -0.0332. The van der Waals surface area contributed by atoms with Crippen LogP contribution in [0.5, 0.6) is 5.75 Å². The highest BCUT2D eigenvalue weighted by molar-refractivity contribution is 7.15. The van der Waals surface area contributed by atoms with Crippen molar-refractivity contribution in [3.05, 3.63) is 34.0 Å². The van der Waals surface area contributed by atoms with Gasteiger partial charge in [0.2, 0.25) is 5.91 Å². The van der Waals surface area contributed by atoms with Gasteiger partial charge < -0.3 is 15.2 Å². The van der Waals surface area contributed by atoms with Crippen LogP contribution in [0.3, 0.4) is 0 Å². The maximum absolute atomic E-state index is 12.1. The minimum atomic E-state index is -0.975. The zero-order valence-electron chi connectivity index (χ0n) is 13.8. The average molecular weight is 345 g/mol. The molecule has 0 saturated carbocycles. The number of ether oxygens (including phenoxy) is 1. The lowest BCUT2D eigenvalue weighted by molar-refractivity contribution is -0.117. The number of amides is 1. The Bertz CT molecular complexity index is 792. The van der Waals surface area contributed by atoms with E-state index in [-0.39, 0.29) is 22.6 Å². The van der Waals surface area contributed by atoms with Gasteiger partial charge in [-0.1, -0.05) is 26.0 Å². The number of carboxylic acid groups (broad SMARTS) is 1. The van der Waals surface area contributed by atoms with Crippen molar-refractivity contribution in [1.82, 2.24) is 0 Å². The Morgan fingerprint density at radius 1 is 1.33 bits per heavy atom. The minimum absolute atomic E-state index is 0.0452. The summed E-state index contributed by atoms with van der Waals surface area (Å²) in [7, 11) is 1.58. The van der Waals surface area contributed by atoms with Gasteiger partial charge in [-0.2, -0.15) is 0 Å². The molecule has 1 aliphatic heterocycles. The molecular formula is C18H19NO4S. The molecule has 5 nitrogen and oxygen atoms in total. The molecule has 2 N–H and O–H groups in total. The van der Waals surface area contributed by atoms with E-state index < -0.39 is 5.97 Å². The number of carbonyl (C=O) groups excluding carboxylic acids is 1. The van der Waals surface area contributed by atoms with E-state index in [4.69, 9.17) is 4.74 Å². The van der Waals surface area contributed by atoms with Crippen molar-refractivity contribution < 1.29 is 19.4 Å². The van der Waals surface area contributed by atoms with Gasteiger partial charge in [-0.25, -0.2) is 4.79 Å². The summed E-state index contributed by atoms with van der Waals surface area (Å²) in [5.41, 5.74) is 2.00. The smallest absolute Gasteiger partial charge is 0.346 e. The number of fused-ring (bicyclic) bond motifs is 1. The third kappa shape index (κ3) is 2.78. The van der Waals surface area contributed by atoms with Crippen molar-refractivity contribution in [3.8, 4) is 16.9 Å². The number of hydrogen-bond donors (Lipinski definition) is 2. The van der Waals surface area contributed by atoms with Crippen LogP contribution in [-0.2, 0) is 4.79 Å². The number of benzene rings is 1. The normalized spacial score (nSPS) is 16.7. The number of rotatable bonds is 4. The van der Waals surface area contributed by atoms with Crippen LogP contribution < -0.4 is 10.1 Å². The number of nitrogens with one attached hydrogen (secondary N) is 1. The summed E-state index contributed by atoms with van der Waals surface area (Å²) in [6.45, 7) is 4.11. The Hall–Kier alpha value is -2.34. The lowest BCUT2D eigenvalue weighted by Gasteiger charge is -2.26. The largest absolute Gasteiger partial charge is 0.497 e. The quantitative estimate of drug-likeness (QED) is 0.870. The van der Waals surface area contributed by atoms with Crippen LogP contribution in [0.25, 0.3) is 11.1 Å². The predicted molar refractivity (Wildman–Crippen MR) is 94.1 cm³/mol. The predicted octanol–water partition coefficient (Wildman–Crippen LogP) is 4.20. The van der Waals surface area contributed by atoms with Crippen LogP contribution in [0.4, 0.5) is 5.69 Å². The number of hydrogen-bond acceptors (Lipinski definition) is 4. The Morgan fingerprint density at radius 2 is 2.00 bits per heavy atom. The topological polar surface area (TPSA) is 75.6 Å². The van der Waals surface area contributed by atoms with Crippen LogP contribution in [-0.4, -0.2) is 24.1 Å². The van der Waals surface area contributed by atoms with E-state index in [0.29, 0.717) is 23.4 Å². The minimum Gasteiger partial charge on any atom is -0.497 e. The lowest BCUT2D eigenvalue weighted by atomic mass is 9.86. The van der Waals surface area contributed by atoms with Crippen molar-refractivity contribution >= 4 is 28.9 Å². The molecule has 1 aliphatic rings. The zero-order chi connectivity index (χ0) is 17.4. The Kier molecular flexibility index (Phi) is 4.32. The van der Waals surface area contributed by atoms with Crippen molar-refractivity contribution in [2.24, 2.45) is 5.92 Å². The molecule has 0 bridgehead atoms. The molecule has 0 aliphatic carbocycles. The van der Waals surface area contributed by atoms with E-state index in [1.807, 2.05) is 12.1 Å². The van der Waals surface area contributed by atoms with Gasteiger partial charge in [0.25, 0.3) is 0 Å². The van der Waals surface area contributed by atoms with Gasteiger partial charge in [-0.05, 0) is 23.6 Å². The van der Waals surface area contributed by atoms with Crippen LogP contribution in [0, 0.1) is 5.92 Å². The summed E-state index contributed by atoms with van der Waals surface area (Å²) in [5, 5.41) is 12.5. The molecule has 0 saturated heterocycles. The first-order valence-corrected chi connectivity index (χ1v) is 8.58. The molecule has 0 spiro atoms. The fraction of sp³-hybridized carbons (Fsp3) is 0.333. The number of carboxylic acids is 1. The van der Waals surface area contributed by atoms with Gasteiger partial charge in [0, 0.05) is 22.8 Å². The molecule has 2 aromatic rings. The second kappa shape index (κ2) is 6.28. The molecular weight excluding hydrogens is 326 g/mol. The fourth-order valence-electron chi connectivity index (χ4n) is 3.04. The Balaban J connectivity index is 2.20. The molecule has 0 radical (unpaired) electrons. The number of anilines is 1. The van der Waals surface area contributed by atoms with E-state index in [2.05, 4.69) is 19.2 Å². The summed E-state index contributed by atoms with van der Waals surface area (Å²) in [6.07, 6.45) is 0.395. The zero-order valence-corrected chi connectivity index (χ0v) is 14.6. The summed E-state index contributed by atoms with van der Waals surface area (Å²) in [4.78, 5) is 25.1. The van der Waals surface area contributed by atoms with E-state index in [1.165, 1.54) is 11.3 Å². The van der Waals surface area contributed by atoms with E-state index >= 15 is 0 Å². The van der Waals surface area contributed by atoms with E-state index in [9.17, 15) is 14.7 Å².